The maximum absolute atomic E-state index is 10.5. The monoisotopic (exact) mass is 272 g/mol. The van der Waals surface area contributed by atoms with E-state index < -0.39 is 0 Å². The van der Waals surface area contributed by atoms with Crippen molar-refractivity contribution in [3.63, 3.8) is 0 Å². The summed E-state index contributed by atoms with van der Waals surface area (Å²) in [6.07, 6.45) is 0. The van der Waals surface area contributed by atoms with E-state index in [1.165, 1.54) is 0 Å². The normalized spacial score (nSPS) is 9.10. The predicted molar refractivity (Wildman–Crippen MR) is 70.1 cm³/mol. The number of hydrogen-bond acceptors (Lipinski definition) is 6. The minimum atomic E-state index is -0.0931. The van der Waals surface area contributed by atoms with Gasteiger partial charge in [-0.2, -0.15) is 10.5 Å². The van der Waals surface area contributed by atoms with Crippen LogP contribution in [0.25, 0.3) is 0 Å². The minimum absolute atomic E-state index is 0.0931. The summed E-state index contributed by atoms with van der Waals surface area (Å²) in [6, 6.07) is 10.8. The van der Waals surface area contributed by atoms with Crippen LogP contribution >= 0.6 is 0 Å². The lowest BCUT2D eigenvalue weighted by Crippen LogP contribution is -2.18. The molecule has 0 bridgehead atoms. The third-order valence-electron chi connectivity index (χ3n) is 2.46. The molecule has 0 fully saturated rings. The SMILES string of the molecule is N#CCN(Cc1cccc(CN(CC#N)N=O)c1)N=O. The van der Waals surface area contributed by atoms with Gasteiger partial charge in [-0.3, -0.25) is 0 Å². The molecule has 102 valence electrons. The third-order valence-corrected chi connectivity index (χ3v) is 2.46. The summed E-state index contributed by atoms with van der Waals surface area (Å²) in [5.41, 5.74) is 1.56. The zero-order chi connectivity index (χ0) is 14.8. The second-order valence-corrected chi connectivity index (χ2v) is 3.94. The number of hydrogen-bond donors (Lipinski definition) is 0. The molecule has 0 radical (unpaired) electrons. The molecule has 0 heterocycles. The van der Waals surface area contributed by atoms with E-state index in [1.54, 1.807) is 24.3 Å². The number of benzene rings is 1. The molecule has 0 atom stereocenters. The summed E-state index contributed by atoms with van der Waals surface area (Å²) in [6.45, 7) is 0.226. The van der Waals surface area contributed by atoms with Gasteiger partial charge in [0, 0.05) is 0 Å². The van der Waals surface area contributed by atoms with E-state index in [9.17, 15) is 9.81 Å². The Bertz CT molecular complexity index is 502. The fourth-order valence-electron chi connectivity index (χ4n) is 1.64. The topological polar surface area (TPSA) is 113 Å². The molecule has 1 aromatic rings. The van der Waals surface area contributed by atoms with Crippen LogP contribution in [-0.4, -0.2) is 23.1 Å². The van der Waals surface area contributed by atoms with Crippen molar-refractivity contribution in [1.82, 2.24) is 10.0 Å². The zero-order valence-corrected chi connectivity index (χ0v) is 10.6. The molecule has 0 unspecified atom stereocenters. The van der Waals surface area contributed by atoms with Crippen LogP contribution < -0.4 is 0 Å². The van der Waals surface area contributed by atoms with Crippen molar-refractivity contribution in [2.45, 2.75) is 13.1 Å². The molecule has 0 amide bonds. The van der Waals surface area contributed by atoms with E-state index in [4.69, 9.17) is 10.5 Å². The predicted octanol–water partition coefficient (Wildman–Crippen LogP) is 1.70. The Kier molecular flexibility index (Phi) is 6.15. The van der Waals surface area contributed by atoms with E-state index in [0.717, 1.165) is 21.1 Å². The van der Waals surface area contributed by atoms with Gasteiger partial charge in [0.25, 0.3) is 0 Å². The number of nitroso groups, excluding NO2 is 2. The summed E-state index contributed by atoms with van der Waals surface area (Å²) in [7, 11) is 0. The molecular weight excluding hydrogens is 260 g/mol. The summed E-state index contributed by atoms with van der Waals surface area (Å²) in [4.78, 5) is 21.0. The smallest absolute Gasteiger partial charge is 0.126 e. The second kappa shape index (κ2) is 8.16. The summed E-state index contributed by atoms with van der Waals surface area (Å²) < 4.78 is 0. The van der Waals surface area contributed by atoms with Gasteiger partial charge < -0.3 is 0 Å². The molecule has 0 saturated heterocycles. The van der Waals surface area contributed by atoms with Crippen LogP contribution in [0.15, 0.2) is 34.8 Å². The molecule has 8 nitrogen and oxygen atoms in total. The quantitative estimate of drug-likeness (QED) is 0.404. The van der Waals surface area contributed by atoms with Crippen molar-refractivity contribution in [3.8, 4) is 12.1 Å². The Balaban J connectivity index is 2.75. The highest BCUT2D eigenvalue weighted by atomic mass is 16.3. The van der Waals surface area contributed by atoms with Gasteiger partial charge in [0.05, 0.1) is 35.8 Å². The van der Waals surface area contributed by atoms with Crippen molar-refractivity contribution in [1.29, 1.82) is 10.5 Å². The Labute approximate surface area is 115 Å². The van der Waals surface area contributed by atoms with Gasteiger partial charge in [0.15, 0.2) is 0 Å². The van der Waals surface area contributed by atoms with Crippen LogP contribution in [0.2, 0.25) is 0 Å². The van der Waals surface area contributed by atoms with Gasteiger partial charge in [-0.1, -0.05) is 24.3 Å². The first-order valence-electron chi connectivity index (χ1n) is 5.71. The van der Waals surface area contributed by atoms with Gasteiger partial charge in [0.2, 0.25) is 0 Å². The number of nitrogens with zero attached hydrogens (tertiary/aromatic N) is 6. The average Bonchev–Trinajstić information content (AvgIpc) is 2.46. The zero-order valence-electron chi connectivity index (χ0n) is 10.6. The number of nitriles is 2. The van der Waals surface area contributed by atoms with Crippen LogP contribution in [0.5, 0.6) is 0 Å². The summed E-state index contributed by atoms with van der Waals surface area (Å²) in [5.74, 6) is 0. The highest BCUT2D eigenvalue weighted by Crippen LogP contribution is 2.11. The Morgan fingerprint density at radius 2 is 1.40 bits per heavy atom. The molecule has 0 spiro atoms. The second-order valence-electron chi connectivity index (χ2n) is 3.94. The van der Waals surface area contributed by atoms with Crippen LogP contribution in [-0.2, 0) is 13.1 Å². The Hall–Kier alpha value is -3.00. The first-order chi connectivity index (χ1) is 9.73. The van der Waals surface area contributed by atoms with Crippen LogP contribution in [0.3, 0.4) is 0 Å². The molecule has 8 heteroatoms. The Morgan fingerprint density at radius 3 is 1.75 bits per heavy atom. The first-order valence-corrected chi connectivity index (χ1v) is 5.71. The third kappa shape index (κ3) is 4.70. The lowest BCUT2D eigenvalue weighted by atomic mass is 10.1. The average molecular weight is 272 g/mol. The van der Waals surface area contributed by atoms with Crippen molar-refractivity contribution in [3.05, 3.63) is 45.2 Å². The minimum Gasteiger partial charge on any atom is -0.242 e. The summed E-state index contributed by atoms with van der Waals surface area (Å²) >= 11 is 0. The molecule has 0 saturated carbocycles. The number of rotatable bonds is 8. The fraction of sp³-hybridized carbons (Fsp3) is 0.333. The highest BCUT2D eigenvalue weighted by Gasteiger charge is 2.07. The maximum atomic E-state index is 10.5. The Morgan fingerprint density at radius 1 is 0.950 bits per heavy atom. The van der Waals surface area contributed by atoms with Crippen molar-refractivity contribution in [2.24, 2.45) is 10.6 Å². The van der Waals surface area contributed by atoms with Gasteiger partial charge in [-0.15, -0.1) is 9.81 Å². The van der Waals surface area contributed by atoms with Gasteiger partial charge >= 0.3 is 0 Å². The molecule has 1 rings (SSSR count). The molecule has 0 aromatic heterocycles. The van der Waals surface area contributed by atoms with Gasteiger partial charge in [-0.25, -0.2) is 10.0 Å². The highest BCUT2D eigenvalue weighted by molar-refractivity contribution is 5.23. The molecule has 0 N–H and O–H groups in total. The van der Waals surface area contributed by atoms with E-state index in [2.05, 4.69) is 10.6 Å². The standard InChI is InChI=1S/C12H12N6O2/c13-4-6-17(15-19)9-11-2-1-3-12(8-11)10-18(16-20)7-5-14/h1-3,8H,6-7,9-10H2. The fourth-order valence-corrected chi connectivity index (χ4v) is 1.64. The van der Waals surface area contributed by atoms with Gasteiger partial charge in [0.1, 0.15) is 13.1 Å². The molecule has 0 aliphatic heterocycles. The van der Waals surface area contributed by atoms with Crippen molar-refractivity contribution < 1.29 is 0 Å². The van der Waals surface area contributed by atoms with Crippen LogP contribution in [0, 0.1) is 32.5 Å². The molecule has 0 aliphatic carbocycles. The largest absolute Gasteiger partial charge is 0.242 e. The molecular formula is C12H12N6O2. The van der Waals surface area contributed by atoms with E-state index >= 15 is 0 Å². The summed E-state index contributed by atoms with van der Waals surface area (Å²) in [5, 5.41) is 24.7. The van der Waals surface area contributed by atoms with E-state index in [-0.39, 0.29) is 26.2 Å². The maximum Gasteiger partial charge on any atom is 0.126 e. The lowest BCUT2D eigenvalue weighted by Gasteiger charge is -2.14. The van der Waals surface area contributed by atoms with E-state index in [1.807, 2.05) is 12.1 Å². The van der Waals surface area contributed by atoms with Crippen LogP contribution in [0.4, 0.5) is 0 Å². The first kappa shape index (κ1) is 15.1. The van der Waals surface area contributed by atoms with Gasteiger partial charge in [-0.05, 0) is 11.1 Å². The molecule has 1 aromatic carbocycles. The molecule has 20 heavy (non-hydrogen) atoms. The lowest BCUT2D eigenvalue weighted by molar-refractivity contribution is 0.305. The van der Waals surface area contributed by atoms with Crippen molar-refractivity contribution >= 4 is 0 Å². The van der Waals surface area contributed by atoms with Crippen LogP contribution in [0.1, 0.15) is 11.1 Å². The van der Waals surface area contributed by atoms with E-state index in [0.29, 0.717) is 0 Å². The molecule has 0 aliphatic rings. The van der Waals surface area contributed by atoms with Crippen molar-refractivity contribution in [2.75, 3.05) is 13.1 Å².